The Hall–Kier alpha value is -10.0. The van der Waals surface area contributed by atoms with Crippen molar-refractivity contribution in [1.82, 2.24) is 9.13 Å². The molecule has 0 bridgehead atoms. The van der Waals surface area contributed by atoms with Gasteiger partial charge < -0.3 is 9.13 Å². The molecule has 16 rings (SSSR count). The summed E-state index contributed by atoms with van der Waals surface area (Å²) in [5.41, 5.74) is 29.8. The van der Waals surface area contributed by atoms with Crippen LogP contribution >= 0.6 is 0 Å². The maximum Gasteiger partial charge on any atom is 0.0541 e. The Bertz CT molecular complexity index is 4930. The topological polar surface area (TPSA) is 9.86 Å². The predicted octanol–water partition coefficient (Wildman–Crippen LogP) is 21.1. The Morgan fingerprint density at radius 3 is 1.10 bits per heavy atom. The van der Waals surface area contributed by atoms with E-state index in [0.717, 1.165) is 0 Å². The van der Waals surface area contributed by atoms with E-state index in [1.807, 2.05) is 0 Å². The number of aromatic nitrogens is 2. The van der Waals surface area contributed by atoms with Crippen molar-refractivity contribution in [2.24, 2.45) is 0 Å². The Kier molecular flexibility index (Phi) is 10.7. The summed E-state index contributed by atoms with van der Waals surface area (Å²) < 4.78 is 4.77. The molecule has 0 amide bonds. The number of rotatable bonds is 8. The summed E-state index contributed by atoms with van der Waals surface area (Å²) in [6.07, 6.45) is 2.39. The van der Waals surface area contributed by atoms with Gasteiger partial charge in [-0.15, -0.1) is 0 Å². The van der Waals surface area contributed by atoms with Crippen LogP contribution in [-0.2, 0) is 10.8 Å². The van der Waals surface area contributed by atoms with Gasteiger partial charge in [-0.2, -0.15) is 0 Å². The zero-order valence-corrected chi connectivity index (χ0v) is 46.5. The standard InChI is InChI=1S/C80H58N2/c1-79(2)71-45-51(44-68(53-18-8-5-9-19-53)54-31-29-52(30-32-54)55-36-42-77-69(46-55)66-24-14-16-26-75(66)81(77)60-20-10-6-11-21-60)28-38-62(71)63-40-34-58(49-72(63)79)59-35-41-65-64-39-33-57(48-73(64)80(3,4)74(65)50-59)56-37-43-78-70(47-56)67-25-15-17-27-76(67)82(78)61-22-12-7-13-23-61/h5-50H,1-4H3/b68-44+. The third-order valence-electron chi connectivity index (χ3n) is 18.3. The summed E-state index contributed by atoms with van der Waals surface area (Å²) in [6, 6.07) is 102. The first-order valence-electron chi connectivity index (χ1n) is 28.8. The largest absolute Gasteiger partial charge is 0.309 e. The van der Waals surface area contributed by atoms with Gasteiger partial charge in [-0.25, -0.2) is 0 Å². The summed E-state index contributed by atoms with van der Waals surface area (Å²) >= 11 is 0. The zero-order valence-electron chi connectivity index (χ0n) is 46.5. The molecule has 0 radical (unpaired) electrons. The van der Waals surface area contributed by atoms with Crippen LogP contribution in [0, 0.1) is 0 Å². The average molecular weight is 1050 g/mol. The molecule has 82 heavy (non-hydrogen) atoms. The summed E-state index contributed by atoms with van der Waals surface area (Å²) in [5.74, 6) is 0. The number of fused-ring (bicyclic) bond motifs is 12. The van der Waals surface area contributed by atoms with Crippen LogP contribution in [-0.4, -0.2) is 9.13 Å². The van der Waals surface area contributed by atoms with E-state index in [1.54, 1.807) is 0 Å². The fourth-order valence-corrected chi connectivity index (χ4v) is 14.1. The highest BCUT2D eigenvalue weighted by atomic mass is 15.0. The van der Waals surface area contributed by atoms with Crippen LogP contribution in [0.3, 0.4) is 0 Å². The van der Waals surface area contributed by atoms with Crippen molar-refractivity contribution in [3.05, 3.63) is 312 Å². The highest BCUT2D eigenvalue weighted by Gasteiger charge is 2.38. The lowest BCUT2D eigenvalue weighted by Crippen LogP contribution is -2.15. The molecular formula is C80H58N2. The van der Waals surface area contributed by atoms with Crippen molar-refractivity contribution < 1.29 is 0 Å². The minimum atomic E-state index is -0.199. The van der Waals surface area contributed by atoms with Crippen LogP contribution in [0.25, 0.3) is 122 Å². The molecule has 2 aliphatic rings. The molecule has 0 atom stereocenters. The maximum atomic E-state index is 2.47. The van der Waals surface area contributed by atoms with Crippen molar-refractivity contribution in [1.29, 1.82) is 0 Å². The molecular weight excluding hydrogens is 989 g/mol. The van der Waals surface area contributed by atoms with Crippen molar-refractivity contribution >= 4 is 55.3 Å². The molecule has 2 heterocycles. The van der Waals surface area contributed by atoms with Gasteiger partial charge in [0.1, 0.15) is 0 Å². The molecule has 0 unspecified atom stereocenters. The van der Waals surface area contributed by atoms with Gasteiger partial charge in [-0.3, -0.25) is 0 Å². The van der Waals surface area contributed by atoms with Crippen molar-refractivity contribution in [3.63, 3.8) is 0 Å². The predicted molar refractivity (Wildman–Crippen MR) is 346 cm³/mol. The Balaban J connectivity index is 0.694. The monoisotopic (exact) mass is 1050 g/mol. The summed E-state index contributed by atoms with van der Waals surface area (Å²) in [7, 11) is 0. The number of hydrogen-bond acceptors (Lipinski definition) is 0. The van der Waals surface area contributed by atoms with Gasteiger partial charge in [0.05, 0.1) is 22.1 Å². The van der Waals surface area contributed by atoms with E-state index in [0.29, 0.717) is 0 Å². The lowest BCUT2D eigenvalue weighted by atomic mass is 9.79. The third-order valence-corrected chi connectivity index (χ3v) is 18.3. The van der Waals surface area contributed by atoms with Gasteiger partial charge in [0.25, 0.3) is 0 Å². The second-order valence-corrected chi connectivity index (χ2v) is 23.7. The average Bonchev–Trinajstić information content (AvgIpc) is 4.15. The van der Waals surface area contributed by atoms with E-state index in [2.05, 4.69) is 316 Å². The molecule has 2 heteroatoms. The molecule has 0 fully saturated rings. The van der Waals surface area contributed by atoms with E-state index in [1.165, 1.54) is 155 Å². The van der Waals surface area contributed by atoms with Crippen LogP contribution in [0.1, 0.15) is 66.6 Å². The van der Waals surface area contributed by atoms with E-state index in [4.69, 9.17) is 0 Å². The minimum absolute atomic E-state index is 0.178. The lowest BCUT2D eigenvalue weighted by Gasteiger charge is -2.24. The second-order valence-electron chi connectivity index (χ2n) is 23.7. The molecule has 0 spiro atoms. The molecule has 0 aliphatic heterocycles. The first kappa shape index (κ1) is 47.9. The number of hydrogen-bond donors (Lipinski definition) is 0. The summed E-state index contributed by atoms with van der Waals surface area (Å²) in [5, 5.41) is 5.06. The first-order chi connectivity index (χ1) is 40.2. The van der Waals surface area contributed by atoms with Crippen LogP contribution in [0.15, 0.2) is 273 Å². The van der Waals surface area contributed by atoms with Crippen LogP contribution in [0.5, 0.6) is 0 Å². The van der Waals surface area contributed by atoms with E-state index < -0.39 is 0 Å². The van der Waals surface area contributed by atoms with Gasteiger partial charge in [0, 0.05) is 43.7 Å². The van der Waals surface area contributed by atoms with Gasteiger partial charge in [0.15, 0.2) is 0 Å². The van der Waals surface area contributed by atoms with Crippen molar-refractivity contribution in [2.75, 3.05) is 0 Å². The van der Waals surface area contributed by atoms with Crippen LogP contribution in [0.4, 0.5) is 0 Å². The molecule has 2 nitrogen and oxygen atoms in total. The highest BCUT2D eigenvalue weighted by molar-refractivity contribution is 6.12. The smallest absolute Gasteiger partial charge is 0.0541 e. The second kappa shape index (κ2) is 18.3. The van der Waals surface area contributed by atoms with Gasteiger partial charge >= 0.3 is 0 Å². The van der Waals surface area contributed by atoms with Crippen LogP contribution < -0.4 is 0 Å². The molecule has 0 saturated carbocycles. The fourth-order valence-electron chi connectivity index (χ4n) is 14.1. The number of nitrogens with zero attached hydrogens (tertiary/aromatic N) is 2. The zero-order chi connectivity index (χ0) is 54.8. The number of para-hydroxylation sites is 4. The summed E-state index contributed by atoms with van der Waals surface area (Å²) in [4.78, 5) is 0. The Labute approximate surface area is 479 Å². The first-order valence-corrected chi connectivity index (χ1v) is 28.8. The Morgan fingerprint density at radius 1 is 0.280 bits per heavy atom. The summed E-state index contributed by atoms with van der Waals surface area (Å²) in [6.45, 7) is 9.62. The van der Waals surface area contributed by atoms with Gasteiger partial charge in [-0.05, 0) is 185 Å². The maximum absolute atomic E-state index is 2.47. The SMILES string of the molecule is CC1(C)c2cc(/C=C(\c3ccccc3)c3ccc(-c4ccc5c(c4)c4ccccc4n5-c4ccccc4)cc3)ccc2-c2ccc(-c3ccc4c(c3)C(C)(C)c3cc(-c5ccc6c(c5)c5ccccc5n6-c5ccccc5)ccc3-4)cc21. The van der Waals surface area contributed by atoms with Crippen molar-refractivity contribution in [3.8, 4) is 67.0 Å². The minimum Gasteiger partial charge on any atom is -0.309 e. The quantitative estimate of drug-likeness (QED) is 0.134. The lowest BCUT2D eigenvalue weighted by molar-refractivity contribution is 0.659. The van der Waals surface area contributed by atoms with E-state index in [9.17, 15) is 0 Å². The highest BCUT2D eigenvalue weighted by Crippen LogP contribution is 2.53. The fraction of sp³-hybridized carbons (Fsp3) is 0.0750. The van der Waals surface area contributed by atoms with E-state index in [-0.39, 0.29) is 10.8 Å². The third kappa shape index (κ3) is 7.41. The molecule has 388 valence electrons. The molecule has 0 saturated heterocycles. The van der Waals surface area contributed by atoms with E-state index >= 15 is 0 Å². The van der Waals surface area contributed by atoms with Gasteiger partial charge in [-0.1, -0.05) is 222 Å². The number of benzene rings is 12. The van der Waals surface area contributed by atoms with Crippen molar-refractivity contribution in [2.45, 2.75) is 38.5 Å². The molecule has 2 aromatic heterocycles. The molecule has 2 aliphatic carbocycles. The Morgan fingerprint density at radius 2 is 0.622 bits per heavy atom. The van der Waals surface area contributed by atoms with Gasteiger partial charge in [0.2, 0.25) is 0 Å². The van der Waals surface area contributed by atoms with Crippen LogP contribution in [0.2, 0.25) is 0 Å². The normalized spacial score (nSPS) is 13.9. The molecule has 12 aromatic carbocycles. The molecule has 0 N–H and O–H groups in total. The molecule has 14 aromatic rings.